The summed E-state index contributed by atoms with van der Waals surface area (Å²) in [5.74, 6) is 0.0753. The van der Waals surface area contributed by atoms with Crippen molar-refractivity contribution in [2.45, 2.75) is 98.2 Å². The van der Waals surface area contributed by atoms with Crippen molar-refractivity contribution in [2.75, 3.05) is 26.3 Å². The molecule has 0 amide bonds. The van der Waals surface area contributed by atoms with Crippen molar-refractivity contribution < 1.29 is 9.47 Å². The first kappa shape index (κ1) is 22.9. The van der Waals surface area contributed by atoms with Crippen molar-refractivity contribution in [1.82, 2.24) is 5.32 Å². The first-order valence-electron chi connectivity index (χ1n) is 10.1. The Morgan fingerprint density at radius 2 is 1.35 bits per heavy atom. The maximum atomic E-state index is 6.04. The zero-order valence-corrected chi connectivity index (χ0v) is 16.6. The molecule has 0 aliphatic carbocycles. The molecule has 140 valence electrons. The van der Waals surface area contributed by atoms with Gasteiger partial charge in [0.2, 0.25) is 0 Å². The Labute approximate surface area is 145 Å². The quantitative estimate of drug-likeness (QED) is 0.281. The van der Waals surface area contributed by atoms with Crippen molar-refractivity contribution in [1.29, 1.82) is 0 Å². The smallest absolute Gasteiger partial charge is 0.168 e. The maximum Gasteiger partial charge on any atom is 0.168 e. The number of unbranched alkanes of at least 4 members (excludes halogenated alkanes) is 5. The highest BCUT2D eigenvalue weighted by Crippen LogP contribution is 2.32. The Hall–Kier alpha value is -0.120. The Morgan fingerprint density at radius 1 is 0.783 bits per heavy atom. The Balaban J connectivity index is 4.39. The van der Waals surface area contributed by atoms with E-state index in [1.165, 1.54) is 57.8 Å². The average molecular weight is 330 g/mol. The molecule has 0 bridgehead atoms. The maximum absolute atomic E-state index is 6.04. The molecular weight excluding hydrogens is 286 g/mol. The SMILES string of the molecule is CCCCCCCCC(CCCNCC)C(C)(OCC)OCC. The Bertz CT molecular complexity index is 240. The fourth-order valence-corrected chi connectivity index (χ4v) is 3.34. The van der Waals surface area contributed by atoms with Crippen molar-refractivity contribution >= 4 is 0 Å². The second-order valence-electron chi connectivity index (χ2n) is 6.63. The molecule has 0 aromatic rings. The average Bonchev–Trinajstić information content (AvgIpc) is 2.53. The summed E-state index contributed by atoms with van der Waals surface area (Å²) in [5.41, 5.74) is 0. The zero-order chi connectivity index (χ0) is 17.4. The van der Waals surface area contributed by atoms with Gasteiger partial charge < -0.3 is 14.8 Å². The molecule has 0 radical (unpaired) electrons. The minimum atomic E-state index is -0.418. The van der Waals surface area contributed by atoms with Crippen molar-refractivity contribution in [3.05, 3.63) is 0 Å². The van der Waals surface area contributed by atoms with Crippen LogP contribution >= 0.6 is 0 Å². The van der Waals surface area contributed by atoms with Crippen LogP contribution in [0.1, 0.15) is 92.4 Å². The van der Waals surface area contributed by atoms with Crippen molar-refractivity contribution in [3.8, 4) is 0 Å². The highest BCUT2D eigenvalue weighted by molar-refractivity contribution is 4.76. The second-order valence-corrected chi connectivity index (χ2v) is 6.63. The molecule has 3 nitrogen and oxygen atoms in total. The number of ether oxygens (including phenoxy) is 2. The number of nitrogens with one attached hydrogen (secondary N) is 1. The van der Waals surface area contributed by atoms with E-state index in [9.17, 15) is 0 Å². The second kappa shape index (κ2) is 15.4. The van der Waals surface area contributed by atoms with Crippen LogP contribution in [0.15, 0.2) is 0 Å². The lowest BCUT2D eigenvalue weighted by Gasteiger charge is -2.37. The summed E-state index contributed by atoms with van der Waals surface area (Å²) in [4.78, 5) is 0. The molecule has 0 heterocycles. The Morgan fingerprint density at radius 3 is 1.91 bits per heavy atom. The lowest BCUT2D eigenvalue weighted by molar-refractivity contribution is -0.254. The van der Waals surface area contributed by atoms with Crippen LogP contribution in [0.2, 0.25) is 0 Å². The fraction of sp³-hybridized carbons (Fsp3) is 1.00. The van der Waals surface area contributed by atoms with Gasteiger partial charge in [-0.25, -0.2) is 0 Å². The van der Waals surface area contributed by atoms with Gasteiger partial charge in [-0.2, -0.15) is 0 Å². The standard InChI is InChI=1S/C20H43NO2/c1-6-10-11-12-13-14-16-19(17-15-18-21-7-2)20(5,22-8-3)23-9-4/h19,21H,6-18H2,1-5H3. The highest BCUT2D eigenvalue weighted by Gasteiger charge is 2.34. The predicted octanol–water partition coefficient (Wildman–Crippen LogP) is 5.53. The molecule has 0 aliphatic heterocycles. The number of hydrogen-bond donors (Lipinski definition) is 1. The van der Waals surface area contributed by atoms with E-state index in [1.807, 2.05) is 0 Å². The number of rotatable bonds is 17. The summed E-state index contributed by atoms with van der Waals surface area (Å²) in [6, 6.07) is 0. The van der Waals surface area contributed by atoms with Gasteiger partial charge in [-0.1, -0.05) is 52.4 Å². The lowest BCUT2D eigenvalue weighted by atomic mass is 9.88. The van der Waals surface area contributed by atoms with E-state index < -0.39 is 5.79 Å². The van der Waals surface area contributed by atoms with Crippen molar-refractivity contribution in [3.63, 3.8) is 0 Å². The third-order valence-electron chi connectivity index (χ3n) is 4.67. The molecule has 0 fully saturated rings. The number of hydrogen-bond acceptors (Lipinski definition) is 3. The third kappa shape index (κ3) is 11.1. The van der Waals surface area contributed by atoms with Crippen LogP contribution in [0.3, 0.4) is 0 Å². The van der Waals surface area contributed by atoms with E-state index in [1.54, 1.807) is 0 Å². The summed E-state index contributed by atoms with van der Waals surface area (Å²) in [7, 11) is 0. The minimum Gasteiger partial charge on any atom is -0.350 e. The molecule has 23 heavy (non-hydrogen) atoms. The summed E-state index contributed by atoms with van der Waals surface area (Å²) in [6.45, 7) is 14.3. The van der Waals surface area contributed by atoms with E-state index in [0.717, 1.165) is 26.3 Å². The van der Waals surface area contributed by atoms with Gasteiger partial charge >= 0.3 is 0 Å². The van der Waals surface area contributed by atoms with Gasteiger partial charge in [0, 0.05) is 19.1 Å². The normalized spacial score (nSPS) is 13.4. The predicted molar refractivity (Wildman–Crippen MR) is 101 cm³/mol. The van der Waals surface area contributed by atoms with Gasteiger partial charge in [0.05, 0.1) is 0 Å². The van der Waals surface area contributed by atoms with Crippen LogP contribution in [-0.4, -0.2) is 32.1 Å². The van der Waals surface area contributed by atoms with E-state index in [-0.39, 0.29) is 0 Å². The molecule has 1 atom stereocenters. The van der Waals surface area contributed by atoms with Crippen LogP contribution in [0.4, 0.5) is 0 Å². The first-order valence-corrected chi connectivity index (χ1v) is 10.1. The molecule has 0 aromatic heterocycles. The molecule has 3 heteroatoms. The van der Waals surface area contributed by atoms with Gasteiger partial charge in [-0.05, 0) is 53.1 Å². The van der Waals surface area contributed by atoms with Crippen molar-refractivity contribution in [2.24, 2.45) is 5.92 Å². The van der Waals surface area contributed by atoms with Gasteiger partial charge in [0.1, 0.15) is 0 Å². The van der Waals surface area contributed by atoms with Gasteiger partial charge in [0.25, 0.3) is 0 Å². The van der Waals surface area contributed by atoms with Gasteiger partial charge in [-0.15, -0.1) is 0 Å². The lowest BCUT2D eigenvalue weighted by Crippen LogP contribution is -2.41. The molecule has 0 saturated carbocycles. The van der Waals surface area contributed by atoms with Crippen LogP contribution in [0, 0.1) is 5.92 Å². The minimum absolute atomic E-state index is 0.418. The third-order valence-corrected chi connectivity index (χ3v) is 4.67. The largest absolute Gasteiger partial charge is 0.350 e. The van der Waals surface area contributed by atoms with E-state index in [0.29, 0.717) is 5.92 Å². The van der Waals surface area contributed by atoms with E-state index in [2.05, 4.69) is 39.9 Å². The summed E-state index contributed by atoms with van der Waals surface area (Å²) < 4.78 is 12.1. The van der Waals surface area contributed by atoms with E-state index >= 15 is 0 Å². The molecule has 0 aromatic carbocycles. The molecule has 0 rings (SSSR count). The molecule has 0 saturated heterocycles. The van der Waals surface area contributed by atoms with Crippen LogP contribution < -0.4 is 5.32 Å². The summed E-state index contributed by atoms with van der Waals surface area (Å²) in [5, 5.41) is 3.43. The molecule has 1 N–H and O–H groups in total. The van der Waals surface area contributed by atoms with Gasteiger partial charge in [0.15, 0.2) is 5.79 Å². The Kier molecular flexibility index (Phi) is 15.3. The van der Waals surface area contributed by atoms with Gasteiger partial charge in [-0.3, -0.25) is 0 Å². The van der Waals surface area contributed by atoms with Crippen LogP contribution in [0.5, 0.6) is 0 Å². The molecule has 0 aliphatic rings. The van der Waals surface area contributed by atoms with Crippen LogP contribution in [-0.2, 0) is 9.47 Å². The fourth-order valence-electron chi connectivity index (χ4n) is 3.34. The summed E-state index contributed by atoms with van der Waals surface area (Å²) in [6.07, 6.45) is 11.7. The zero-order valence-electron chi connectivity index (χ0n) is 16.6. The van der Waals surface area contributed by atoms with Crippen LogP contribution in [0.25, 0.3) is 0 Å². The van der Waals surface area contributed by atoms with E-state index in [4.69, 9.17) is 9.47 Å². The first-order chi connectivity index (χ1) is 11.1. The molecule has 1 unspecified atom stereocenters. The topological polar surface area (TPSA) is 30.5 Å². The molecular formula is C20H43NO2. The monoisotopic (exact) mass is 329 g/mol. The summed E-state index contributed by atoms with van der Waals surface area (Å²) >= 11 is 0. The molecule has 0 spiro atoms. The highest BCUT2D eigenvalue weighted by atomic mass is 16.7.